The van der Waals surface area contributed by atoms with Crippen LogP contribution in [0.2, 0.25) is 0 Å². The molecule has 1 aromatic carbocycles. The maximum Gasteiger partial charge on any atom is 0.331 e. The van der Waals surface area contributed by atoms with Gasteiger partial charge in [0.05, 0.1) is 6.04 Å². The number of rotatable bonds is 7. The number of hydrogen-bond acceptors (Lipinski definition) is 6. The van der Waals surface area contributed by atoms with E-state index in [1.807, 2.05) is 26.0 Å². The number of aliphatic carboxylic acids is 1. The van der Waals surface area contributed by atoms with E-state index >= 15 is 0 Å². The minimum atomic E-state index is -0.877. The van der Waals surface area contributed by atoms with Crippen molar-refractivity contribution in [3.05, 3.63) is 82.8 Å². The van der Waals surface area contributed by atoms with Gasteiger partial charge in [0.15, 0.2) is 0 Å². The number of aromatic nitrogens is 1. The van der Waals surface area contributed by atoms with Crippen LogP contribution in [-0.4, -0.2) is 56.8 Å². The lowest BCUT2D eigenvalue weighted by molar-refractivity contribution is -0.133. The van der Waals surface area contributed by atoms with Crippen LogP contribution in [0, 0.1) is 12.8 Å². The average molecular weight is 520 g/mol. The van der Waals surface area contributed by atoms with Gasteiger partial charge >= 0.3 is 5.97 Å². The average Bonchev–Trinajstić information content (AvgIpc) is 3.28. The molecule has 1 unspecified atom stereocenters. The summed E-state index contributed by atoms with van der Waals surface area (Å²) in [6.07, 6.45) is 5.99. The van der Waals surface area contributed by atoms with Crippen LogP contribution in [0.1, 0.15) is 49.0 Å². The molecule has 2 aliphatic heterocycles. The fraction of sp³-hybridized carbons (Fsp3) is 0.414. The highest BCUT2D eigenvalue weighted by atomic mass is 32.1. The summed E-state index contributed by atoms with van der Waals surface area (Å²) in [4.78, 5) is 20.7. The number of aryl methyl sites for hydroxylation is 1. The molecule has 7 nitrogen and oxygen atoms in total. The lowest BCUT2D eigenvalue weighted by Gasteiger charge is -2.39. The molecule has 0 saturated carbocycles. The number of ether oxygens (including phenoxy) is 2. The number of benzene rings is 1. The summed E-state index contributed by atoms with van der Waals surface area (Å²) >= 11 is 5.58. The Labute approximate surface area is 223 Å². The van der Waals surface area contributed by atoms with Gasteiger partial charge < -0.3 is 19.5 Å². The number of nitrogens with zero attached hydrogens (tertiary/aromatic N) is 3. The first-order valence-corrected chi connectivity index (χ1v) is 13.3. The molecule has 0 spiro atoms. The molecule has 1 aromatic heterocycles. The Kier molecular flexibility index (Phi) is 7.58. The van der Waals surface area contributed by atoms with Gasteiger partial charge in [0.2, 0.25) is 5.88 Å². The molecular weight excluding hydrogens is 486 g/mol. The van der Waals surface area contributed by atoms with Crippen LogP contribution in [0.4, 0.5) is 0 Å². The van der Waals surface area contributed by atoms with Gasteiger partial charge in [0.25, 0.3) is 5.17 Å². The lowest BCUT2D eigenvalue weighted by Crippen LogP contribution is -2.45. The molecule has 2 aromatic rings. The van der Waals surface area contributed by atoms with E-state index in [-0.39, 0.29) is 12.0 Å². The summed E-state index contributed by atoms with van der Waals surface area (Å²) in [5.41, 5.74) is 3.80. The van der Waals surface area contributed by atoms with Gasteiger partial charge in [-0.25, -0.2) is 9.78 Å². The van der Waals surface area contributed by atoms with E-state index in [1.54, 1.807) is 12.2 Å². The Morgan fingerprint density at radius 2 is 1.92 bits per heavy atom. The van der Waals surface area contributed by atoms with Gasteiger partial charge in [-0.1, -0.05) is 43.3 Å². The van der Waals surface area contributed by atoms with Crippen molar-refractivity contribution in [2.45, 2.75) is 51.7 Å². The monoisotopic (exact) mass is 519 g/mol. The quantitative estimate of drug-likeness (QED) is 0.511. The summed E-state index contributed by atoms with van der Waals surface area (Å²) in [7, 11) is 0. The molecular formula is C29H33N3O4S. The van der Waals surface area contributed by atoms with Gasteiger partial charge in [0.1, 0.15) is 12.4 Å². The highest BCUT2D eigenvalue weighted by Crippen LogP contribution is 2.34. The summed E-state index contributed by atoms with van der Waals surface area (Å²) < 4.78 is 11.8. The molecule has 2 fully saturated rings. The zero-order valence-corrected chi connectivity index (χ0v) is 22.1. The van der Waals surface area contributed by atoms with Gasteiger partial charge in [0, 0.05) is 49.4 Å². The number of piperidine rings is 1. The predicted octanol–water partition coefficient (Wildman–Crippen LogP) is 5.03. The first kappa shape index (κ1) is 25.4. The standard InChI is InChI=1S/C29H33N3O4S/c1-19-16-24(9-10-25(19)28(33)34)36-27-11-8-22(20(2)30-27)17-31-14-12-23(13-15-31)32-26(18-35-29(32)37)21-6-4-3-5-7-21/h3-11,19,23,26H,12-18H2,1-2H3,(H,33,34)/t19?,26-/m0/s1. The van der Waals surface area contributed by atoms with Crippen LogP contribution in [0.25, 0.3) is 0 Å². The number of hydrogen-bond donors (Lipinski definition) is 1. The van der Waals surface area contributed by atoms with Gasteiger partial charge in [-0.2, -0.15) is 0 Å². The van der Waals surface area contributed by atoms with Crippen LogP contribution >= 0.6 is 12.2 Å². The van der Waals surface area contributed by atoms with Crippen molar-refractivity contribution in [2.24, 2.45) is 5.92 Å². The Morgan fingerprint density at radius 1 is 1.16 bits per heavy atom. The van der Waals surface area contributed by atoms with E-state index in [2.05, 4.69) is 45.1 Å². The summed E-state index contributed by atoms with van der Waals surface area (Å²) in [5.74, 6) is 0.305. The fourth-order valence-electron chi connectivity index (χ4n) is 5.47. The maximum absolute atomic E-state index is 11.3. The second-order valence-corrected chi connectivity index (χ2v) is 10.4. The molecule has 5 rings (SSSR count). The molecule has 1 N–H and O–H groups in total. The number of carbonyl (C=O) groups is 1. The number of likely N-dealkylation sites (tertiary alicyclic amines) is 1. The van der Waals surface area contributed by atoms with Crippen molar-refractivity contribution in [1.29, 1.82) is 0 Å². The molecule has 2 atom stereocenters. The largest absolute Gasteiger partial charge is 0.478 e. The topological polar surface area (TPSA) is 75.1 Å². The second kappa shape index (κ2) is 11.0. The molecule has 0 radical (unpaired) electrons. The van der Waals surface area contributed by atoms with Gasteiger partial charge in [-0.3, -0.25) is 4.90 Å². The fourth-order valence-corrected chi connectivity index (χ4v) is 5.82. The third kappa shape index (κ3) is 5.70. The first-order chi connectivity index (χ1) is 17.9. The van der Waals surface area contributed by atoms with E-state index in [0.29, 0.717) is 35.7 Å². The van der Waals surface area contributed by atoms with Crippen molar-refractivity contribution in [3.63, 3.8) is 0 Å². The van der Waals surface area contributed by atoms with Crippen LogP contribution < -0.4 is 4.74 Å². The molecule has 0 bridgehead atoms. The van der Waals surface area contributed by atoms with E-state index in [1.165, 1.54) is 11.1 Å². The Hall–Kier alpha value is -3.23. The zero-order chi connectivity index (χ0) is 25.9. The van der Waals surface area contributed by atoms with Crippen molar-refractivity contribution in [2.75, 3.05) is 19.7 Å². The normalized spacial score (nSPS) is 22.9. The molecule has 194 valence electrons. The summed E-state index contributed by atoms with van der Waals surface area (Å²) in [6.45, 7) is 7.36. The van der Waals surface area contributed by atoms with E-state index in [4.69, 9.17) is 21.7 Å². The highest BCUT2D eigenvalue weighted by Gasteiger charge is 2.37. The van der Waals surface area contributed by atoms with Crippen molar-refractivity contribution >= 4 is 23.4 Å². The number of pyridine rings is 1. The molecule has 8 heteroatoms. The first-order valence-electron chi connectivity index (χ1n) is 12.9. The van der Waals surface area contributed by atoms with E-state index in [9.17, 15) is 9.90 Å². The van der Waals surface area contributed by atoms with Crippen molar-refractivity contribution in [1.82, 2.24) is 14.8 Å². The Balaban J connectivity index is 1.17. The van der Waals surface area contributed by atoms with Crippen molar-refractivity contribution < 1.29 is 19.4 Å². The minimum Gasteiger partial charge on any atom is -0.478 e. The summed E-state index contributed by atoms with van der Waals surface area (Å²) in [5, 5.41) is 9.88. The van der Waals surface area contributed by atoms with Gasteiger partial charge in [-0.05, 0) is 61.2 Å². The highest BCUT2D eigenvalue weighted by molar-refractivity contribution is 7.80. The van der Waals surface area contributed by atoms with Crippen LogP contribution in [0.15, 0.2) is 65.9 Å². The third-order valence-corrected chi connectivity index (χ3v) is 7.91. The van der Waals surface area contributed by atoms with Crippen LogP contribution in [0.5, 0.6) is 5.88 Å². The third-order valence-electron chi connectivity index (χ3n) is 7.58. The maximum atomic E-state index is 11.3. The molecule has 1 aliphatic carbocycles. The zero-order valence-electron chi connectivity index (χ0n) is 21.3. The van der Waals surface area contributed by atoms with Crippen LogP contribution in [0.3, 0.4) is 0 Å². The Bertz CT molecular complexity index is 1220. The lowest BCUT2D eigenvalue weighted by atomic mass is 9.92. The second-order valence-electron chi connectivity index (χ2n) is 10.1. The van der Waals surface area contributed by atoms with E-state index < -0.39 is 5.97 Å². The van der Waals surface area contributed by atoms with Crippen LogP contribution in [-0.2, 0) is 16.1 Å². The molecule has 37 heavy (non-hydrogen) atoms. The summed E-state index contributed by atoms with van der Waals surface area (Å²) in [6, 6.07) is 15.1. The number of thiocarbonyl (C=S) groups is 1. The Morgan fingerprint density at radius 3 is 2.59 bits per heavy atom. The molecule has 3 aliphatic rings. The van der Waals surface area contributed by atoms with Gasteiger partial charge in [-0.15, -0.1) is 0 Å². The predicted molar refractivity (Wildman–Crippen MR) is 145 cm³/mol. The SMILES string of the molecule is Cc1nc(OC2=CC=C(C(=O)O)C(C)C2)ccc1CN1CCC(N2C(=S)OC[C@H]2c2ccccc2)CC1. The minimum absolute atomic E-state index is 0.0924. The smallest absolute Gasteiger partial charge is 0.331 e. The molecule has 0 amide bonds. The number of allylic oxidation sites excluding steroid dienone is 3. The number of carboxylic acid groups (broad SMARTS) is 1. The van der Waals surface area contributed by atoms with Crippen molar-refractivity contribution in [3.8, 4) is 5.88 Å². The molecule has 3 heterocycles. The number of carboxylic acids is 1. The molecule has 2 saturated heterocycles. The van der Waals surface area contributed by atoms with E-state index in [0.717, 1.165) is 43.9 Å².